The van der Waals surface area contributed by atoms with Gasteiger partial charge in [-0.1, -0.05) is 43.7 Å². The number of ketones is 1. The molecule has 1 amide bonds. The summed E-state index contributed by atoms with van der Waals surface area (Å²) >= 11 is 0. The molecule has 0 aromatic heterocycles. The Kier molecular flexibility index (Phi) is 4.50. The number of hydrogen-bond acceptors (Lipinski definition) is 4. The Balaban J connectivity index is 1.28. The van der Waals surface area contributed by atoms with Crippen molar-refractivity contribution >= 4 is 17.7 Å². The molecule has 1 heterocycles. The molecule has 4 aliphatic carbocycles. The number of esters is 1. The number of rotatable bonds is 2. The summed E-state index contributed by atoms with van der Waals surface area (Å²) < 4.78 is 5.91. The molecule has 6 rings (SSSR count). The molecule has 4 fully saturated rings. The first-order valence-corrected chi connectivity index (χ1v) is 12.6. The van der Waals surface area contributed by atoms with E-state index < -0.39 is 0 Å². The van der Waals surface area contributed by atoms with E-state index in [2.05, 4.69) is 25.2 Å². The van der Waals surface area contributed by atoms with Gasteiger partial charge >= 0.3 is 5.97 Å². The summed E-state index contributed by atoms with van der Waals surface area (Å²) in [6.45, 7) is 4.54. The summed E-state index contributed by atoms with van der Waals surface area (Å²) in [4.78, 5) is 38.3. The maximum atomic E-state index is 13.1. The lowest BCUT2D eigenvalue weighted by Crippen LogP contribution is -2.58. The van der Waals surface area contributed by atoms with Crippen molar-refractivity contribution in [2.45, 2.75) is 77.4 Å². The average Bonchev–Trinajstić information content (AvgIpc) is 3.23. The van der Waals surface area contributed by atoms with Gasteiger partial charge in [0.15, 0.2) is 0 Å². The van der Waals surface area contributed by atoms with Crippen LogP contribution in [0.5, 0.6) is 0 Å². The van der Waals surface area contributed by atoms with Crippen molar-refractivity contribution in [1.29, 1.82) is 0 Å². The second-order valence-corrected chi connectivity index (χ2v) is 11.6. The molecule has 1 aliphatic heterocycles. The maximum Gasteiger partial charge on any atom is 0.338 e. The lowest BCUT2D eigenvalue weighted by atomic mass is 9.42. The van der Waals surface area contributed by atoms with Crippen LogP contribution in [0, 0.1) is 28.1 Å². The largest absolute Gasteiger partial charge is 0.458 e. The second-order valence-electron chi connectivity index (χ2n) is 11.6. The zero-order valence-corrected chi connectivity index (χ0v) is 19.6. The van der Waals surface area contributed by atoms with Crippen molar-refractivity contribution in [1.82, 2.24) is 5.32 Å². The number of ether oxygens (including phenoxy) is 1. The van der Waals surface area contributed by atoms with Crippen molar-refractivity contribution in [3.05, 3.63) is 47.5 Å². The highest BCUT2D eigenvalue weighted by Gasteiger charge is 2.73. The third-order valence-corrected chi connectivity index (χ3v) is 10.4. The van der Waals surface area contributed by atoms with Crippen LogP contribution < -0.4 is 5.32 Å². The molecule has 5 aliphatic rings. The molecule has 1 aromatic rings. The molecule has 1 N–H and O–H groups in total. The van der Waals surface area contributed by atoms with Crippen molar-refractivity contribution in [2.75, 3.05) is 0 Å². The average molecular weight is 448 g/mol. The summed E-state index contributed by atoms with van der Waals surface area (Å²) in [5.74, 6) is 1.05. The molecule has 5 nitrogen and oxygen atoms in total. The monoisotopic (exact) mass is 447 g/mol. The van der Waals surface area contributed by atoms with Crippen molar-refractivity contribution in [3.63, 3.8) is 0 Å². The predicted molar refractivity (Wildman–Crippen MR) is 123 cm³/mol. The summed E-state index contributed by atoms with van der Waals surface area (Å²) in [5, 5.41) is 3.19. The Bertz CT molecular complexity index is 1060. The van der Waals surface area contributed by atoms with Gasteiger partial charge in [0.25, 0.3) is 0 Å². The number of allylic oxidation sites excluding steroid dienone is 1. The number of carbonyl (C=O) groups is 3. The molecule has 0 bridgehead atoms. The predicted octanol–water partition coefficient (Wildman–Crippen LogP) is 4.61. The smallest absolute Gasteiger partial charge is 0.338 e. The van der Waals surface area contributed by atoms with Crippen LogP contribution >= 0.6 is 0 Å². The lowest BCUT2D eigenvalue weighted by Gasteiger charge is -2.61. The molecular formula is C28H33NO4. The fourth-order valence-corrected chi connectivity index (χ4v) is 8.66. The van der Waals surface area contributed by atoms with Gasteiger partial charge in [-0.2, -0.15) is 0 Å². The number of hydrogen-bond donors (Lipinski definition) is 1. The van der Waals surface area contributed by atoms with Gasteiger partial charge in [-0.05, 0) is 61.5 Å². The number of nitrogens with one attached hydrogen (secondary N) is 1. The van der Waals surface area contributed by atoms with Crippen LogP contribution in [0.15, 0.2) is 42.0 Å². The van der Waals surface area contributed by atoms with Crippen LogP contribution in [-0.4, -0.2) is 29.8 Å². The third-order valence-electron chi connectivity index (χ3n) is 10.4. The zero-order chi connectivity index (χ0) is 23.0. The summed E-state index contributed by atoms with van der Waals surface area (Å²) in [6, 6.07) is 9.22. The van der Waals surface area contributed by atoms with Crippen LogP contribution in [0.3, 0.4) is 0 Å². The Morgan fingerprint density at radius 2 is 1.82 bits per heavy atom. The van der Waals surface area contributed by atoms with E-state index in [1.807, 2.05) is 18.2 Å². The van der Waals surface area contributed by atoms with Gasteiger partial charge in [0.05, 0.1) is 5.56 Å². The molecule has 7 atom stereocenters. The Labute approximate surface area is 195 Å². The van der Waals surface area contributed by atoms with E-state index in [4.69, 9.17) is 4.74 Å². The number of carbonyl (C=O) groups excluding carboxylic acids is 3. The normalized spacial score (nSPS) is 43.5. The minimum atomic E-state index is -0.387. The summed E-state index contributed by atoms with van der Waals surface area (Å²) in [7, 11) is 0. The van der Waals surface area contributed by atoms with Crippen LogP contribution in [0.25, 0.3) is 0 Å². The Morgan fingerprint density at radius 1 is 1.03 bits per heavy atom. The summed E-state index contributed by atoms with van der Waals surface area (Å²) in [6.07, 6.45) is 8.77. The van der Waals surface area contributed by atoms with Gasteiger partial charge < -0.3 is 10.1 Å². The topological polar surface area (TPSA) is 72.5 Å². The van der Waals surface area contributed by atoms with Crippen molar-refractivity contribution in [2.24, 2.45) is 28.1 Å². The first-order valence-electron chi connectivity index (χ1n) is 12.6. The van der Waals surface area contributed by atoms with Gasteiger partial charge in [0.2, 0.25) is 5.91 Å². The van der Waals surface area contributed by atoms with Crippen LogP contribution in [0.1, 0.15) is 75.6 Å². The number of fused-ring (bicyclic) bond motifs is 3. The standard InChI is InChI=1S/C28H33NO4/c1-26-12-10-19(33-25(32)17-6-4-3-5-7-17)14-18(26)8-9-21-20(26)11-13-27(2)23(30)15-22-28(21,27)16-24(31)29-22/h3-8,19-22H,9-16H2,1-2H3,(H,29,31)/t19-,20-,21+,22+,26-,27+,28-/m0/s1. The molecule has 1 saturated heterocycles. The number of amides is 1. The fourth-order valence-electron chi connectivity index (χ4n) is 8.66. The van der Waals surface area contributed by atoms with E-state index in [0.717, 1.165) is 38.5 Å². The van der Waals surface area contributed by atoms with Gasteiger partial charge in [0, 0.05) is 36.1 Å². The fraction of sp³-hybridized carbons (Fsp3) is 0.607. The molecule has 5 heteroatoms. The molecule has 0 radical (unpaired) electrons. The Hall–Kier alpha value is -2.43. The minimum Gasteiger partial charge on any atom is -0.458 e. The molecule has 1 spiro atoms. The van der Waals surface area contributed by atoms with Crippen LogP contribution in [0.4, 0.5) is 0 Å². The highest BCUT2D eigenvalue weighted by Crippen LogP contribution is 2.71. The van der Waals surface area contributed by atoms with Gasteiger partial charge in [0.1, 0.15) is 11.9 Å². The molecule has 1 aromatic carbocycles. The van der Waals surface area contributed by atoms with E-state index in [1.165, 1.54) is 5.57 Å². The second kappa shape index (κ2) is 7.04. The highest BCUT2D eigenvalue weighted by atomic mass is 16.5. The number of Topliss-reactive ketones (excluding diaryl/α,β-unsaturated/α-hetero) is 1. The van der Waals surface area contributed by atoms with Gasteiger partial charge in [-0.15, -0.1) is 0 Å². The zero-order valence-electron chi connectivity index (χ0n) is 19.6. The maximum absolute atomic E-state index is 13.1. The van der Waals surface area contributed by atoms with Crippen molar-refractivity contribution in [3.8, 4) is 0 Å². The van der Waals surface area contributed by atoms with E-state index in [1.54, 1.807) is 12.1 Å². The SMILES string of the molecule is C[C@]12CC[C@H](OC(=O)c3ccccc3)CC1=CC[C@@H]1[C@@H]2CC[C@]2(C)C(=O)C[C@H]3NC(=O)C[C@]132. The molecule has 33 heavy (non-hydrogen) atoms. The van der Waals surface area contributed by atoms with E-state index in [0.29, 0.717) is 36.0 Å². The summed E-state index contributed by atoms with van der Waals surface area (Å²) in [5.41, 5.74) is 1.44. The van der Waals surface area contributed by atoms with Gasteiger partial charge in [-0.25, -0.2) is 4.79 Å². The van der Waals surface area contributed by atoms with E-state index >= 15 is 0 Å². The quantitative estimate of drug-likeness (QED) is 0.531. The van der Waals surface area contributed by atoms with Gasteiger partial charge in [-0.3, -0.25) is 9.59 Å². The van der Waals surface area contributed by atoms with Crippen LogP contribution in [0.2, 0.25) is 0 Å². The molecular weight excluding hydrogens is 414 g/mol. The van der Waals surface area contributed by atoms with E-state index in [9.17, 15) is 14.4 Å². The highest BCUT2D eigenvalue weighted by molar-refractivity contribution is 5.94. The van der Waals surface area contributed by atoms with Crippen molar-refractivity contribution < 1.29 is 19.1 Å². The first kappa shape index (κ1) is 21.1. The molecule has 3 saturated carbocycles. The van der Waals surface area contributed by atoms with Crippen LogP contribution in [-0.2, 0) is 14.3 Å². The first-order chi connectivity index (χ1) is 15.8. The van der Waals surface area contributed by atoms with E-state index in [-0.39, 0.29) is 40.3 Å². The Morgan fingerprint density at radius 3 is 2.61 bits per heavy atom. The molecule has 0 unspecified atom stereocenters. The number of benzene rings is 1. The minimum absolute atomic E-state index is 0.00276. The lowest BCUT2D eigenvalue weighted by molar-refractivity contribution is -0.146. The third kappa shape index (κ3) is 2.74. The molecule has 174 valence electrons.